The Morgan fingerprint density at radius 2 is 2.14 bits per heavy atom. The Hall–Kier alpha value is -2.83. The number of aryl methyl sites for hydroxylation is 1. The van der Waals surface area contributed by atoms with Crippen molar-refractivity contribution < 1.29 is 19.8 Å². The molecular formula is C23H28N3O3+. The molecule has 6 heteroatoms. The molecule has 29 heavy (non-hydrogen) atoms. The molecule has 1 aliphatic heterocycles. The Morgan fingerprint density at radius 3 is 3.00 bits per heavy atom. The molecule has 0 amide bonds. The van der Waals surface area contributed by atoms with Crippen molar-refractivity contribution in [1.29, 1.82) is 0 Å². The van der Waals surface area contributed by atoms with E-state index in [-0.39, 0.29) is 6.61 Å². The van der Waals surface area contributed by atoms with Crippen LogP contribution >= 0.6 is 0 Å². The Kier molecular flexibility index (Phi) is 5.83. The minimum absolute atomic E-state index is 0.0234. The summed E-state index contributed by atoms with van der Waals surface area (Å²) >= 11 is 0. The molecule has 3 aromatic rings. The van der Waals surface area contributed by atoms with Gasteiger partial charge in [0.25, 0.3) is 0 Å². The van der Waals surface area contributed by atoms with Gasteiger partial charge in [-0.3, -0.25) is 10.1 Å². The number of benzene rings is 2. The highest BCUT2D eigenvalue weighted by Crippen LogP contribution is 2.26. The number of anilines is 1. The Labute approximate surface area is 170 Å². The van der Waals surface area contributed by atoms with Crippen LogP contribution < -0.4 is 14.8 Å². The number of hydrogen-bond donors (Lipinski definition) is 3. The number of nitrogens with zero attached hydrogens (tertiary/aromatic N) is 2. The lowest BCUT2D eigenvalue weighted by molar-refractivity contribution is -0.903. The molecule has 152 valence electrons. The molecule has 0 radical (unpaired) electrons. The van der Waals surface area contributed by atoms with Crippen LogP contribution in [-0.2, 0) is 6.54 Å². The fourth-order valence-corrected chi connectivity index (χ4v) is 3.97. The number of nitrogens with one attached hydrogen (secondary N) is 1. The van der Waals surface area contributed by atoms with Crippen LogP contribution in [0.1, 0.15) is 17.5 Å². The highest BCUT2D eigenvalue weighted by molar-refractivity contribution is 5.92. The van der Waals surface area contributed by atoms with Crippen molar-refractivity contribution in [2.45, 2.75) is 25.9 Å². The van der Waals surface area contributed by atoms with Crippen LogP contribution in [0.3, 0.4) is 0 Å². The van der Waals surface area contributed by atoms with E-state index in [1.54, 1.807) is 12.4 Å². The maximum atomic E-state index is 9.63. The number of rotatable bonds is 7. The van der Waals surface area contributed by atoms with E-state index >= 15 is 0 Å². The largest absolute Gasteiger partial charge is 0.491 e. The average Bonchev–Trinajstić information content (AvgIpc) is 3.15. The molecule has 2 heterocycles. The third-order valence-corrected chi connectivity index (χ3v) is 5.44. The molecule has 1 saturated heterocycles. The minimum Gasteiger partial charge on any atom is -0.491 e. The van der Waals surface area contributed by atoms with E-state index < -0.39 is 0 Å². The zero-order valence-electron chi connectivity index (χ0n) is 16.7. The lowest BCUT2D eigenvalue weighted by Gasteiger charge is -2.19. The Bertz CT molecular complexity index is 992. The standard InChI is InChI=1S/C23H28N3O3/c1-17-5-6-18(13-23(17)29-12-11-27)14-25-9-7-20(16-25)24-22-4-2-3-19-15-26(28)10-8-21(19)22/h2-6,8,10,13,15,20,24,27-28H,7,9,11-12,14,16H2,1H3/q+1. The first kappa shape index (κ1) is 19.5. The van der Waals surface area contributed by atoms with Gasteiger partial charge in [-0.25, -0.2) is 0 Å². The van der Waals surface area contributed by atoms with Gasteiger partial charge in [0.05, 0.1) is 12.0 Å². The van der Waals surface area contributed by atoms with Gasteiger partial charge in [-0.1, -0.05) is 18.2 Å². The van der Waals surface area contributed by atoms with Gasteiger partial charge in [-0.05, 0) is 42.7 Å². The summed E-state index contributed by atoms with van der Waals surface area (Å²) in [5, 5.41) is 24.4. The number of ether oxygens (including phenoxy) is 1. The number of aromatic nitrogens is 1. The summed E-state index contributed by atoms with van der Waals surface area (Å²) in [6.45, 7) is 5.27. The predicted molar refractivity (Wildman–Crippen MR) is 112 cm³/mol. The number of likely N-dealkylation sites (tertiary alicyclic amines) is 1. The van der Waals surface area contributed by atoms with E-state index in [1.165, 1.54) is 5.56 Å². The molecular weight excluding hydrogens is 366 g/mol. The fraction of sp³-hybridized carbons (Fsp3) is 0.348. The topological polar surface area (TPSA) is 68.8 Å². The number of aliphatic hydroxyl groups is 1. The van der Waals surface area contributed by atoms with Crippen LogP contribution in [0, 0.1) is 6.92 Å². The van der Waals surface area contributed by atoms with Crippen molar-refractivity contribution in [3.05, 3.63) is 66.0 Å². The average molecular weight is 394 g/mol. The van der Waals surface area contributed by atoms with E-state index in [0.29, 0.717) is 12.6 Å². The molecule has 4 rings (SSSR count). The van der Waals surface area contributed by atoms with Gasteiger partial charge in [0.15, 0.2) is 0 Å². The Morgan fingerprint density at radius 1 is 1.24 bits per heavy atom. The third-order valence-electron chi connectivity index (χ3n) is 5.44. The van der Waals surface area contributed by atoms with Crippen molar-refractivity contribution in [3.8, 4) is 5.75 Å². The summed E-state index contributed by atoms with van der Waals surface area (Å²) < 4.78 is 6.73. The van der Waals surface area contributed by atoms with Gasteiger partial charge < -0.3 is 15.2 Å². The molecule has 2 aromatic carbocycles. The van der Waals surface area contributed by atoms with Crippen molar-refractivity contribution in [2.75, 3.05) is 31.6 Å². The van der Waals surface area contributed by atoms with Crippen LogP contribution in [0.2, 0.25) is 0 Å². The second-order valence-electron chi connectivity index (χ2n) is 7.67. The molecule has 3 N–H and O–H groups in total. The van der Waals surface area contributed by atoms with Crippen LogP contribution in [0.25, 0.3) is 10.8 Å². The van der Waals surface area contributed by atoms with Crippen LogP contribution in [0.15, 0.2) is 54.9 Å². The van der Waals surface area contributed by atoms with E-state index in [4.69, 9.17) is 9.84 Å². The fourth-order valence-electron chi connectivity index (χ4n) is 3.97. The molecule has 1 aliphatic rings. The van der Waals surface area contributed by atoms with Crippen LogP contribution in [0.4, 0.5) is 5.69 Å². The summed E-state index contributed by atoms with van der Waals surface area (Å²) in [6.07, 6.45) is 4.46. The number of hydrogen-bond acceptors (Lipinski definition) is 5. The van der Waals surface area contributed by atoms with Crippen molar-refractivity contribution in [1.82, 2.24) is 4.90 Å². The molecule has 0 bridgehead atoms. The highest BCUT2D eigenvalue weighted by atomic mass is 16.5. The smallest absolute Gasteiger partial charge is 0.230 e. The van der Waals surface area contributed by atoms with Gasteiger partial charge in [0.2, 0.25) is 12.4 Å². The quantitative estimate of drug-likeness (QED) is 0.425. The number of pyridine rings is 1. The van der Waals surface area contributed by atoms with Crippen molar-refractivity contribution in [3.63, 3.8) is 0 Å². The second kappa shape index (κ2) is 8.68. The zero-order chi connectivity index (χ0) is 20.2. The molecule has 1 atom stereocenters. The van der Waals surface area contributed by atoms with Crippen molar-refractivity contribution >= 4 is 16.5 Å². The molecule has 0 spiro atoms. The molecule has 1 unspecified atom stereocenters. The summed E-state index contributed by atoms with van der Waals surface area (Å²) in [5.41, 5.74) is 3.41. The van der Waals surface area contributed by atoms with Gasteiger partial charge in [-0.15, -0.1) is 0 Å². The van der Waals surface area contributed by atoms with Crippen LogP contribution in [0.5, 0.6) is 5.75 Å². The molecule has 1 aromatic heterocycles. The first-order valence-electron chi connectivity index (χ1n) is 10.1. The maximum absolute atomic E-state index is 9.63. The van der Waals surface area contributed by atoms with Gasteiger partial charge in [0, 0.05) is 47.5 Å². The molecule has 0 aliphatic carbocycles. The highest BCUT2D eigenvalue weighted by Gasteiger charge is 2.23. The van der Waals surface area contributed by atoms with E-state index in [2.05, 4.69) is 34.5 Å². The third kappa shape index (κ3) is 4.60. The number of fused-ring (bicyclic) bond motifs is 1. The minimum atomic E-state index is 0.0234. The summed E-state index contributed by atoms with van der Waals surface area (Å²) in [6, 6.07) is 14.7. The first-order chi connectivity index (χ1) is 14.1. The monoisotopic (exact) mass is 394 g/mol. The second-order valence-corrected chi connectivity index (χ2v) is 7.67. The number of aliphatic hydroxyl groups excluding tert-OH is 1. The maximum Gasteiger partial charge on any atom is 0.230 e. The van der Waals surface area contributed by atoms with Crippen molar-refractivity contribution in [2.24, 2.45) is 0 Å². The van der Waals surface area contributed by atoms with E-state index in [0.717, 1.165) is 58.6 Å². The predicted octanol–water partition coefficient (Wildman–Crippen LogP) is 2.73. The summed E-state index contributed by atoms with van der Waals surface area (Å²) in [5.74, 6) is 0.849. The normalized spacial score (nSPS) is 17.0. The van der Waals surface area contributed by atoms with Gasteiger partial charge >= 0.3 is 0 Å². The molecule has 1 fully saturated rings. The zero-order valence-corrected chi connectivity index (χ0v) is 16.7. The van der Waals surface area contributed by atoms with E-state index in [9.17, 15) is 5.21 Å². The summed E-state index contributed by atoms with van der Waals surface area (Å²) in [7, 11) is 0. The van der Waals surface area contributed by atoms with Gasteiger partial charge in [-0.2, -0.15) is 0 Å². The first-order valence-corrected chi connectivity index (χ1v) is 10.1. The lowest BCUT2D eigenvalue weighted by atomic mass is 10.1. The van der Waals surface area contributed by atoms with Gasteiger partial charge in [0.1, 0.15) is 12.4 Å². The summed E-state index contributed by atoms with van der Waals surface area (Å²) in [4.78, 5) is 2.45. The SMILES string of the molecule is Cc1ccc(CN2CCC(Nc3cccc4c[n+](O)ccc34)C2)cc1OCCO. The molecule has 6 nitrogen and oxygen atoms in total. The Balaban J connectivity index is 1.40. The lowest BCUT2D eigenvalue weighted by Crippen LogP contribution is -2.28. The van der Waals surface area contributed by atoms with Crippen LogP contribution in [-0.4, -0.2) is 47.6 Å². The van der Waals surface area contributed by atoms with E-state index in [1.807, 2.05) is 25.1 Å². The molecule has 0 saturated carbocycles.